The summed E-state index contributed by atoms with van der Waals surface area (Å²) in [5, 5.41) is 13.3. The van der Waals surface area contributed by atoms with Crippen molar-refractivity contribution in [3.63, 3.8) is 0 Å². The van der Waals surface area contributed by atoms with Gasteiger partial charge >= 0.3 is 0 Å². The number of nitrogens with zero attached hydrogens (tertiary/aromatic N) is 4. The average molecular weight is 344 g/mol. The molecule has 11 heteroatoms. The lowest BCUT2D eigenvalue weighted by Crippen LogP contribution is -2.17. The largest absolute Gasteiger partial charge is 0.368 e. The Labute approximate surface area is 128 Å². The Morgan fingerprint density at radius 3 is 2.86 bits per heavy atom. The molecule has 0 aliphatic heterocycles. The zero-order valence-corrected chi connectivity index (χ0v) is 13.6. The van der Waals surface area contributed by atoms with Crippen LogP contribution in [-0.2, 0) is 10.0 Å². The second kappa shape index (κ2) is 5.24. The molecule has 21 heavy (non-hydrogen) atoms. The standard InChI is InChI=1S/C10H12N6O2S3/c1-3-11-7-8(16-4-5-19-10(16)12-7)21(17,18)15-9-14-13-6(2)20-9/h4-5,11H,3H2,1-2H3,(H,14,15). The van der Waals surface area contributed by atoms with E-state index in [0.717, 1.165) is 0 Å². The minimum Gasteiger partial charge on any atom is -0.368 e. The maximum atomic E-state index is 12.6. The van der Waals surface area contributed by atoms with E-state index in [9.17, 15) is 8.42 Å². The van der Waals surface area contributed by atoms with Crippen molar-refractivity contribution in [2.24, 2.45) is 0 Å². The van der Waals surface area contributed by atoms with Crippen molar-refractivity contribution in [1.29, 1.82) is 0 Å². The van der Waals surface area contributed by atoms with Gasteiger partial charge in [-0.1, -0.05) is 11.3 Å². The number of hydrogen-bond donors (Lipinski definition) is 2. The Balaban J connectivity index is 2.08. The molecular formula is C10H12N6O2S3. The van der Waals surface area contributed by atoms with E-state index in [0.29, 0.717) is 22.3 Å². The minimum atomic E-state index is -3.80. The number of anilines is 2. The van der Waals surface area contributed by atoms with E-state index >= 15 is 0 Å². The van der Waals surface area contributed by atoms with E-state index in [2.05, 4.69) is 25.2 Å². The lowest BCUT2D eigenvalue weighted by Gasteiger charge is -2.06. The molecule has 0 unspecified atom stereocenters. The molecule has 0 saturated carbocycles. The summed E-state index contributed by atoms with van der Waals surface area (Å²) in [5.74, 6) is 0.332. The van der Waals surface area contributed by atoms with Gasteiger partial charge in [0.15, 0.2) is 10.8 Å². The SMILES string of the molecule is CCNc1nc2sccn2c1S(=O)(=O)Nc1nnc(C)s1. The van der Waals surface area contributed by atoms with Gasteiger partial charge in [0.25, 0.3) is 10.0 Å². The quantitative estimate of drug-likeness (QED) is 0.732. The van der Waals surface area contributed by atoms with Gasteiger partial charge in [-0.15, -0.1) is 21.5 Å². The molecule has 0 radical (unpaired) electrons. The van der Waals surface area contributed by atoms with Crippen LogP contribution in [-0.4, -0.2) is 34.5 Å². The first-order valence-corrected chi connectivity index (χ1v) is 9.21. The fraction of sp³-hybridized carbons (Fsp3) is 0.300. The van der Waals surface area contributed by atoms with E-state index in [1.165, 1.54) is 22.7 Å². The summed E-state index contributed by atoms with van der Waals surface area (Å²) in [6, 6.07) is 0. The van der Waals surface area contributed by atoms with Gasteiger partial charge in [-0.2, -0.15) is 8.42 Å². The topological polar surface area (TPSA) is 101 Å². The Morgan fingerprint density at radius 2 is 2.19 bits per heavy atom. The van der Waals surface area contributed by atoms with Crippen molar-refractivity contribution in [3.05, 3.63) is 16.6 Å². The summed E-state index contributed by atoms with van der Waals surface area (Å²) in [6.07, 6.45) is 1.67. The van der Waals surface area contributed by atoms with Gasteiger partial charge in [0.05, 0.1) is 0 Å². The monoisotopic (exact) mass is 344 g/mol. The van der Waals surface area contributed by atoms with Crippen LogP contribution in [0.15, 0.2) is 16.6 Å². The summed E-state index contributed by atoms with van der Waals surface area (Å²) in [7, 11) is -3.80. The first-order chi connectivity index (χ1) is 10.0. The van der Waals surface area contributed by atoms with Gasteiger partial charge in [0.1, 0.15) is 5.01 Å². The van der Waals surface area contributed by atoms with E-state index in [1.54, 1.807) is 22.9 Å². The molecule has 0 spiro atoms. The first kappa shape index (κ1) is 14.2. The van der Waals surface area contributed by atoms with Crippen molar-refractivity contribution in [3.8, 4) is 0 Å². The average Bonchev–Trinajstić information content (AvgIpc) is 3.05. The van der Waals surface area contributed by atoms with Crippen LogP contribution in [0.4, 0.5) is 10.9 Å². The number of fused-ring (bicyclic) bond motifs is 1. The molecule has 0 atom stereocenters. The third-order valence-corrected chi connectivity index (χ3v) is 5.57. The molecule has 3 rings (SSSR count). The van der Waals surface area contributed by atoms with Crippen LogP contribution in [0.2, 0.25) is 0 Å². The van der Waals surface area contributed by atoms with Gasteiger partial charge < -0.3 is 5.32 Å². The summed E-state index contributed by atoms with van der Waals surface area (Å²) in [4.78, 5) is 4.90. The molecule has 0 aliphatic carbocycles. The highest BCUT2D eigenvalue weighted by Gasteiger charge is 2.26. The number of nitrogens with one attached hydrogen (secondary N) is 2. The molecule has 3 aromatic heterocycles. The number of aryl methyl sites for hydroxylation is 1. The molecule has 112 valence electrons. The van der Waals surface area contributed by atoms with Crippen LogP contribution < -0.4 is 10.0 Å². The van der Waals surface area contributed by atoms with E-state index in [4.69, 9.17) is 0 Å². The molecular weight excluding hydrogens is 332 g/mol. The van der Waals surface area contributed by atoms with Crippen LogP contribution in [0.5, 0.6) is 0 Å². The highest BCUT2D eigenvalue weighted by molar-refractivity contribution is 7.93. The molecule has 0 saturated heterocycles. The normalized spacial score (nSPS) is 11.9. The number of aromatic nitrogens is 4. The van der Waals surface area contributed by atoms with Gasteiger partial charge in [-0.05, 0) is 13.8 Å². The fourth-order valence-corrected chi connectivity index (χ4v) is 4.66. The van der Waals surface area contributed by atoms with Crippen LogP contribution in [0, 0.1) is 6.92 Å². The highest BCUT2D eigenvalue weighted by atomic mass is 32.2. The summed E-state index contributed by atoms with van der Waals surface area (Å²) in [6.45, 7) is 4.21. The third-order valence-electron chi connectivity index (χ3n) is 2.56. The number of sulfonamides is 1. The molecule has 0 bridgehead atoms. The molecule has 0 amide bonds. The molecule has 8 nitrogen and oxygen atoms in total. The van der Waals surface area contributed by atoms with Gasteiger partial charge in [0.2, 0.25) is 10.2 Å². The molecule has 2 N–H and O–H groups in total. The van der Waals surface area contributed by atoms with Crippen LogP contribution in [0.25, 0.3) is 4.96 Å². The number of thiazole rings is 1. The lowest BCUT2D eigenvalue weighted by molar-refractivity contribution is 0.597. The summed E-state index contributed by atoms with van der Waals surface area (Å²) >= 11 is 2.55. The van der Waals surface area contributed by atoms with Crippen LogP contribution >= 0.6 is 22.7 Å². The lowest BCUT2D eigenvalue weighted by atomic mass is 10.6. The predicted molar refractivity (Wildman–Crippen MR) is 82.7 cm³/mol. The first-order valence-electron chi connectivity index (χ1n) is 6.03. The molecule has 3 aromatic rings. The number of imidazole rings is 1. The van der Waals surface area contributed by atoms with Crippen LogP contribution in [0.3, 0.4) is 0 Å². The second-order valence-electron chi connectivity index (χ2n) is 4.08. The van der Waals surface area contributed by atoms with Crippen molar-refractivity contribution >= 4 is 48.6 Å². The van der Waals surface area contributed by atoms with E-state index < -0.39 is 10.0 Å². The Bertz CT molecular complexity index is 878. The molecule has 0 aliphatic rings. The Morgan fingerprint density at radius 1 is 1.38 bits per heavy atom. The molecule has 0 fully saturated rings. The maximum Gasteiger partial charge on any atom is 0.283 e. The highest BCUT2D eigenvalue weighted by Crippen LogP contribution is 2.28. The predicted octanol–water partition coefficient (Wildman–Crippen LogP) is 1.79. The number of hydrogen-bond acceptors (Lipinski definition) is 8. The van der Waals surface area contributed by atoms with Crippen molar-refractivity contribution < 1.29 is 8.42 Å². The van der Waals surface area contributed by atoms with E-state index in [-0.39, 0.29) is 10.2 Å². The summed E-state index contributed by atoms with van der Waals surface area (Å²) < 4.78 is 29.2. The van der Waals surface area contributed by atoms with Gasteiger partial charge in [-0.3, -0.25) is 9.12 Å². The van der Waals surface area contributed by atoms with Gasteiger partial charge in [0, 0.05) is 18.1 Å². The zero-order valence-electron chi connectivity index (χ0n) is 11.2. The van der Waals surface area contributed by atoms with Crippen molar-refractivity contribution in [2.75, 3.05) is 16.6 Å². The minimum absolute atomic E-state index is 0.0773. The Hall–Kier alpha value is -1.72. The van der Waals surface area contributed by atoms with E-state index in [1.807, 2.05) is 6.92 Å². The van der Waals surface area contributed by atoms with Gasteiger partial charge in [-0.25, -0.2) is 4.98 Å². The number of rotatable bonds is 5. The van der Waals surface area contributed by atoms with Crippen molar-refractivity contribution in [2.45, 2.75) is 18.9 Å². The summed E-state index contributed by atoms with van der Waals surface area (Å²) in [5.41, 5.74) is 0. The second-order valence-corrected chi connectivity index (χ2v) is 7.74. The Kier molecular flexibility index (Phi) is 3.55. The zero-order chi connectivity index (χ0) is 15.0. The molecule has 3 heterocycles. The molecule has 0 aromatic carbocycles. The van der Waals surface area contributed by atoms with Crippen LogP contribution in [0.1, 0.15) is 11.9 Å². The smallest absolute Gasteiger partial charge is 0.283 e. The maximum absolute atomic E-state index is 12.6. The van der Waals surface area contributed by atoms with Crippen molar-refractivity contribution in [1.82, 2.24) is 19.6 Å². The third kappa shape index (κ3) is 2.59. The fourth-order valence-electron chi connectivity index (χ4n) is 1.81.